The molecule has 1 unspecified atom stereocenters. The van der Waals surface area contributed by atoms with Crippen molar-refractivity contribution in [3.8, 4) is 0 Å². The lowest BCUT2D eigenvalue weighted by molar-refractivity contribution is 0.155. The number of dihydropyridines is 1. The third-order valence-corrected chi connectivity index (χ3v) is 3.26. The van der Waals surface area contributed by atoms with Gasteiger partial charge in [0, 0.05) is 12.4 Å². The first-order valence-corrected chi connectivity index (χ1v) is 5.21. The summed E-state index contributed by atoms with van der Waals surface area (Å²) in [4.78, 5) is -0.465. The molecule has 0 aromatic rings. The molecule has 7 heteroatoms. The molecule has 1 heterocycles. The summed E-state index contributed by atoms with van der Waals surface area (Å²) < 4.78 is 30.6. The van der Waals surface area contributed by atoms with Gasteiger partial charge in [-0.15, -0.1) is 0 Å². The Labute approximate surface area is 81.3 Å². The van der Waals surface area contributed by atoms with E-state index in [9.17, 15) is 13.5 Å². The van der Waals surface area contributed by atoms with Crippen LogP contribution in [0.1, 0.15) is 6.92 Å². The highest BCUT2D eigenvalue weighted by atomic mass is 32.2. The smallest absolute Gasteiger partial charge is 0.293 e. The van der Waals surface area contributed by atoms with E-state index in [1.165, 1.54) is 6.92 Å². The molecule has 1 aliphatic rings. The van der Waals surface area contributed by atoms with Gasteiger partial charge < -0.3 is 15.5 Å². The third-order valence-electron chi connectivity index (χ3n) is 2.14. The molecule has 1 rings (SSSR count). The van der Waals surface area contributed by atoms with Crippen LogP contribution >= 0.6 is 0 Å². The zero-order chi connectivity index (χ0) is 11.0. The van der Waals surface area contributed by atoms with Crippen LogP contribution in [-0.4, -0.2) is 29.8 Å². The van der Waals surface area contributed by atoms with Crippen molar-refractivity contribution in [1.29, 1.82) is 0 Å². The first-order valence-electron chi connectivity index (χ1n) is 3.77. The van der Waals surface area contributed by atoms with E-state index in [1.807, 2.05) is 0 Å². The van der Waals surface area contributed by atoms with Crippen molar-refractivity contribution in [2.75, 3.05) is 6.61 Å². The van der Waals surface area contributed by atoms with Crippen LogP contribution in [0.15, 0.2) is 23.1 Å². The predicted molar refractivity (Wildman–Crippen MR) is 48.7 cm³/mol. The van der Waals surface area contributed by atoms with Crippen molar-refractivity contribution in [1.82, 2.24) is 5.32 Å². The second kappa shape index (κ2) is 3.26. The average Bonchev–Trinajstić information content (AvgIpc) is 2.08. The van der Waals surface area contributed by atoms with Gasteiger partial charge in [0.1, 0.15) is 10.7 Å². The summed E-state index contributed by atoms with van der Waals surface area (Å²) in [5, 5.41) is 20.7. The monoisotopic (exact) mass is 221 g/mol. The highest BCUT2D eigenvalue weighted by Gasteiger charge is 2.41. The lowest BCUT2D eigenvalue weighted by Crippen LogP contribution is -2.34. The van der Waals surface area contributed by atoms with E-state index in [0.29, 0.717) is 0 Å². The SMILES string of the molecule is CC1(CO)C(O)=CNC=C1S(=O)(=O)O. The van der Waals surface area contributed by atoms with Gasteiger partial charge in [0.25, 0.3) is 10.1 Å². The maximum atomic E-state index is 10.9. The molecule has 0 spiro atoms. The molecule has 1 aliphatic heterocycles. The number of aliphatic hydroxyl groups excluding tert-OH is 2. The minimum absolute atomic E-state index is 0.352. The van der Waals surface area contributed by atoms with Gasteiger partial charge in [0.05, 0.1) is 12.0 Å². The molecule has 4 N–H and O–H groups in total. The molecule has 0 aliphatic carbocycles. The molecule has 0 bridgehead atoms. The lowest BCUT2D eigenvalue weighted by atomic mass is 9.88. The molecule has 0 aromatic carbocycles. The van der Waals surface area contributed by atoms with E-state index in [1.54, 1.807) is 0 Å². The standard InChI is InChI=1S/C7H11NO5S/c1-7(4-9)5(10)2-8-3-6(7)14(11,12)13/h2-3,8-10H,4H2,1H3,(H,11,12,13). The number of hydrogen-bond donors (Lipinski definition) is 4. The summed E-state index contributed by atoms with van der Waals surface area (Å²) in [5.41, 5.74) is -1.49. The van der Waals surface area contributed by atoms with Crippen LogP contribution in [-0.2, 0) is 10.1 Å². The summed E-state index contributed by atoms with van der Waals surface area (Å²) in [6.07, 6.45) is 2.16. The van der Waals surface area contributed by atoms with Crippen LogP contribution in [0.3, 0.4) is 0 Å². The van der Waals surface area contributed by atoms with E-state index in [2.05, 4.69) is 5.32 Å². The van der Waals surface area contributed by atoms with Crippen LogP contribution < -0.4 is 5.32 Å². The summed E-state index contributed by atoms with van der Waals surface area (Å²) in [6, 6.07) is 0. The number of aliphatic hydroxyl groups is 2. The predicted octanol–water partition coefficient (Wildman–Crippen LogP) is -0.283. The van der Waals surface area contributed by atoms with Crippen LogP contribution in [0.4, 0.5) is 0 Å². The van der Waals surface area contributed by atoms with Gasteiger partial charge in [-0.25, -0.2) is 0 Å². The van der Waals surface area contributed by atoms with E-state index >= 15 is 0 Å². The topological polar surface area (TPSA) is 107 Å². The van der Waals surface area contributed by atoms with Crippen molar-refractivity contribution >= 4 is 10.1 Å². The van der Waals surface area contributed by atoms with Gasteiger partial charge in [0.2, 0.25) is 0 Å². The Hall–Kier alpha value is -1.05. The molecule has 1 atom stereocenters. The van der Waals surface area contributed by atoms with E-state index in [-0.39, 0.29) is 5.76 Å². The number of nitrogens with one attached hydrogen (secondary N) is 1. The Balaban J connectivity index is 3.27. The van der Waals surface area contributed by atoms with Crippen molar-refractivity contribution in [2.45, 2.75) is 6.92 Å². The Morgan fingerprint density at radius 1 is 1.50 bits per heavy atom. The van der Waals surface area contributed by atoms with Crippen LogP contribution in [0.2, 0.25) is 0 Å². The third kappa shape index (κ3) is 1.61. The Bertz CT molecular complexity index is 396. The van der Waals surface area contributed by atoms with Crippen LogP contribution in [0, 0.1) is 5.41 Å². The summed E-state index contributed by atoms with van der Waals surface area (Å²) in [6.45, 7) is 0.682. The van der Waals surface area contributed by atoms with Crippen LogP contribution in [0.5, 0.6) is 0 Å². The molecule has 14 heavy (non-hydrogen) atoms. The molecule has 0 fully saturated rings. The Morgan fingerprint density at radius 2 is 2.07 bits per heavy atom. The average molecular weight is 221 g/mol. The van der Waals surface area contributed by atoms with Gasteiger partial charge in [-0.2, -0.15) is 8.42 Å². The quantitative estimate of drug-likeness (QED) is 0.478. The Morgan fingerprint density at radius 3 is 2.43 bits per heavy atom. The molecule has 0 aromatic heterocycles. The minimum Gasteiger partial charge on any atom is -0.510 e. The van der Waals surface area contributed by atoms with Gasteiger partial charge in [0.15, 0.2) is 0 Å². The number of hydrogen-bond acceptors (Lipinski definition) is 5. The fourth-order valence-electron chi connectivity index (χ4n) is 1.16. The lowest BCUT2D eigenvalue weighted by Gasteiger charge is -2.30. The van der Waals surface area contributed by atoms with Crippen LogP contribution in [0.25, 0.3) is 0 Å². The molecule has 0 amide bonds. The molecule has 0 saturated heterocycles. The molecule has 80 valence electrons. The fraction of sp³-hybridized carbons (Fsp3) is 0.429. The Kier molecular flexibility index (Phi) is 2.57. The van der Waals surface area contributed by atoms with Crippen molar-refractivity contribution in [3.63, 3.8) is 0 Å². The minimum atomic E-state index is -4.44. The van der Waals surface area contributed by atoms with Crippen molar-refractivity contribution < 1.29 is 23.2 Å². The number of rotatable bonds is 2. The molecule has 0 saturated carbocycles. The van der Waals surface area contributed by atoms with Crippen molar-refractivity contribution in [3.05, 3.63) is 23.1 Å². The first kappa shape index (κ1) is 11.0. The summed E-state index contributed by atoms with van der Waals surface area (Å²) >= 11 is 0. The fourth-order valence-corrected chi connectivity index (χ4v) is 2.11. The molecular weight excluding hydrogens is 210 g/mol. The maximum Gasteiger partial charge on any atom is 0.293 e. The van der Waals surface area contributed by atoms with Gasteiger partial charge >= 0.3 is 0 Å². The second-order valence-corrected chi connectivity index (χ2v) is 4.56. The first-order chi connectivity index (χ1) is 6.32. The maximum absolute atomic E-state index is 10.9. The molecule has 6 nitrogen and oxygen atoms in total. The molecular formula is C7H11NO5S. The van der Waals surface area contributed by atoms with Gasteiger partial charge in [-0.3, -0.25) is 4.55 Å². The largest absolute Gasteiger partial charge is 0.510 e. The highest BCUT2D eigenvalue weighted by Crippen LogP contribution is 2.37. The van der Waals surface area contributed by atoms with E-state index < -0.39 is 27.0 Å². The molecule has 0 radical (unpaired) electrons. The summed E-state index contributed by atoms with van der Waals surface area (Å²) in [5.74, 6) is -0.352. The highest BCUT2D eigenvalue weighted by molar-refractivity contribution is 7.89. The summed E-state index contributed by atoms with van der Waals surface area (Å²) in [7, 11) is -4.44. The van der Waals surface area contributed by atoms with E-state index in [4.69, 9.17) is 9.66 Å². The normalized spacial score (nSPS) is 27.6. The van der Waals surface area contributed by atoms with Crippen molar-refractivity contribution in [2.24, 2.45) is 5.41 Å². The zero-order valence-corrected chi connectivity index (χ0v) is 8.24. The van der Waals surface area contributed by atoms with E-state index in [0.717, 1.165) is 12.4 Å². The van der Waals surface area contributed by atoms with Gasteiger partial charge in [-0.1, -0.05) is 0 Å². The zero-order valence-electron chi connectivity index (χ0n) is 7.43. The second-order valence-electron chi connectivity index (χ2n) is 3.17. The van der Waals surface area contributed by atoms with Gasteiger partial charge in [-0.05, 0) is 6.92 Å².